The minimum atomic E-state index is -4.50. The Labute approximate surface area is 106 Å². The van der Waals surface area contributed by atoms with Gasteiger partial charge >= 0.3 is 12.1 Å². The van der Waals surface area contributed by atoms with Gasteiger partial charge in [0.1, 0.15) is 5.58 Å². The number of benzene rings is 1. The zero-order valence-corrected chi connectivity index (χ0v) is 9.88. The number of halogens is 3. The Balaban J connectivity index is 2.11. The SMILES string of the molecule is Cc1c(C(=O)NOCC(F)(F)F)oc2ccccc12. The van der Waals surface area contributed by atoms with E-state index in [0.29, 0.717) is 11.1 Å². The summed E-state index contributed by atoms with van der Waals surface area (Å²) in [5, 5.41) is 0.725. The Kier molecular flexibility index (Phi) is 3.48. The molecule has 1 heterocycles. The van der Waals surface area contributed by atoms with Crippen molar-refractivity contribution in [2.75, 3.05) is 6.61 Å². The van der Waals surface area contributed by atoms with Crippen molar-refractivity contribution in [2.24, 2.45) is 0 Å². The van der Waals surface area contributed by atoms with Crippen LogP contribution in [0.1, 0.15) is 16.1 Å². The molecule has 1 amide bonds. The highest BCUT2D eigenvalue weighted by molar-refractivity contribution is 5.98. The Bertz CT molecular complexity index is 604. The number of furan rings is 1. The molecule has 19 heavy (non-hydrogen) atoms. The van der Waals surface area contributed by atoms with Crippen molar-refractivity contribution in [1.29, 1.82) is 0 Å². The van der Waals surface area contributed by atoms with Gasteiger partial charge in [-0.15, -0.1) is 0 Å². The molecule has 0 aliphatic rings. The summed E-state index contributed by atoms with van der Waals surface area (Å²) in [7, 11) is 0. The van der Waals surface area contributed by atoms with Crippen molar-refractivity contribution in [3.63, 3.8) is 0 Å². The maximum absolute atomic E-state index is 11.9. The van der Waals surface area contributed by atoms with E-state index in [1.165, 1.54) is 0 Å². The Morgan fingerprint density at radius 1 is 1.37 bits per heavy atom. The third-order valence-electron chi connectivity index (χ3n) is 2.45. The molecule has 0 atom stereocenters. The number of carbonyl (C=O) groups is 1. The third-order valence-corrected chi connectivity index (χ3v) is 2.45. The number of aryl methyl sites for hydroxylation is 1. The quantitative estimate of drug-likeness (QED) is 0.875. The van der Waals surface area contributed by atoms with E-state index < -0.39 is 18.7 Å². The van der Waals surface area contributed by atoms with Crippen LogP contribution in [0, 0.1) is 6.92 Å². The molecule has 0 bridgehead atoms. The number of hydroxylamine groups is 1. The fraction of sp³-hybridized carbons (Fsp3) is 0.250. The number of amides is 1. The van der Waals surface area contributed by atoms with Crippen LogP contribution < -0.4 is 5.48 Å². The van der Waals surface area contributed by atoms with E-state index in [9.17, 15) is 18.0 Å². The minimum absolute atomic E-state index is 0.0663. The van der Waals surface area contributed by atoms with Crippen molar-refractivity contribution < 1.29 is 27.2 Å². The molecule has 0 aliphatic carbocycles. The van der Waals surface area contributed by atoms with E-state index >= 15 is 0 Å². The molecular formula is C12H10F3NO3. The van der Waals surface area contributed by atoms with E-state index in [2.05, 4.69) is 4.84 Å². The summed E-state index contributed by atoms with van der Waals surface area (Å²) < 4.78 is 40.8. The van der Waals surface area contributed by atoms with Gasteiger partial charge in [-0.3, -0.25) is 9.63 Å². The van der Waals surface area contributed by atoms with Crippen LogP contribution in [0.3, 0.4) is 0 Å². The molecular weight excluding hydrogens is 263 g/mol. The molecule has 0 spiro atoms. The molecule has 102 valence electrons. The first-order chi connectivity index (χ1) is 8.88. The Morgan fingerprint density at radius 2 is 2.05 bits per heavy atom. The average molecular weight is 273 g/mol. The molecule has 0 unspecified atom stereocenters. The van der Waals surface area contributed by atoms with E-state index in [0.717, 1.165) is 5.39 Å². The lowest BCUT2D eigenvalue weighted by Gasteiger charge is -2.07. The number of alkyl halides is 3. The minimum Gasteiger partial charge on any atom is -0.451 e. The molecule has 4 nitrogen and oxygen atoms in total. The first-order valence-corrected chi connectivity index (χ1v) is 5.35. The summed E-state index contributed by atoms with van der Waals surface area (Å²) in [5.41, 5.74) is 2.74. The lowest BCUT2D eigenvalue weighted by Crippen LogP contribution is -2.29. The first kappa shape index (κ1) is 13.4. The molecule has 1 N–H and O–H groups in total. The number of para-hydroxylation sites is 1. The zero-order chi connectivity index (χ0) is 14.0. The van der Waals surface area contributed by atoms with Crippen LogP contribution in [0.5, 0.6) is 0 Å². The van der Waals surface area contributed by atoms with Gasteiger partial charge in [-0.25, -0.2) is 5.48 Å². The number of hydrogen-bond acceptors (Lipinski definition) is 3. The lowest BCUT2D eigenvalue weighted by atomic mass is 10.1. The van der Waals surface area contributed by atoms with Gasteiger partial charge in [-0.2, -0.15) is 13.2 Å². The van der Waals surface area contributed by atoms with Gasteiger partial charge in [-0.1, -0.05) is 18.2 Å². The number of carbonyl (C=O) groups excluding carboxylic acids is 1. The predicted octanol–water partition coefficient (Wildman–Crippen LogP) is 2.96. The maximum atomic E-state index is 11.9. The average Bonchev–Trinajstić information content (AvgIpc) is 2.66. The van der Waals surface area contributed by atoms with Crippen molar-refractivity contribution in [3.8, 4) is 0 Å². The van der Waals surface area contributed by atoms with Gasteiger partial charge in [-0.05, 0) is 13.0 Å². The molecule has 0 radical (unpaired) electrons. The second-order valence-electron chi connectivity index (χ2n) is 3.89. The normalized spacial score (nSPS) is 11.8. The molecule has 0 fully saturated rings. The first-order valence-electron chi connectivity index (χ1n) is 5.35. The van der Waals surface area contributed by atoms with Gasteiger partial charge in [0.15, 0.2) is 12.4 Å². The summed E-state index contributed by atoms with van der Waals surface area (Å²) in [6.07, 6.45) is -4.50. The van der Waals surface area contributed by atoms with E-state index in [-0.39, 0.29) is 5.76 Å². The predicted molar refractivity (Wildman–Crippen MR) is 60.4 cm³/mol. The summed E-state index contributed by atoms with van der Waals surface area (Å²) in [6, 6.07) is 6.91. The molecule has 0 aliphatic heterocycles. The van der Waals surface area contributed by atoms with Crippen LogP contribution in [0.4, 0.5) is 13.2 Å². The fourth-order valence-corrected chi connectivity index (χ4v) is 1.62. The Hall–Kier alpha value is -2.02. The largest absolute Gasteiger partial charge is 0.451 e. The highest BCUT2D eigenvalue weighted by atomic mass is 19.4. The highest BCUT2D eigenvalue weighted by Gasteiger charge is 2.28. The molecule has 1 aromatic carbocycles. The van der Waals surface area contributed by atoms with Crippen LogP contribution >= 0.6 is 0 Å². The van der Waals surface area contributed by atoms with E-state index in [1.54, 1.807) is 36.7 Å². The topological polar surface area (TPSA) is 51.5 Å². The van der Waals surface area contributed by atoms with E-state index in [4.69, 9.17) is 4.42 Å². The molecule has 2 rings (SSSR count). The molecule has 7 heteroatoms. The van der Waals surface area contributed by atoms with Crippen molar-refractivity contribution in [3.05, 3.63) is 35.6 Å². The van der Waals surface area contributed by atoms with Crippen LogP contribution in [0.2, 0.25) is 0 Å². The van der Waals surface area contributed by atoms with Gasteiger partial charge in [0.25, 0.3) is 0 Å². The van der Waals surface area contributed by atoms with Gasteiger partial charge in [0.2, 0.25) is 0 Å². The molecule has 1 aromatic heterocycles. The molecule has 0 saturated carbocycles. The highest BCUT2D eigenvalue weighted by Crippen LogP contribution is 2.24. The van der Waals surface area contributed by atoms with Gasteiger partial charge in [0.05, 0.1) is 0 Å². The molecule has 2 aromatic rings. The number of fused-ring (bicyclic) bond motifs is 1. The molecule has 0 saturated heterocycles. The van der Waals surface area contributed by atoms with Crippen molar-refractivity contribution in [1.82, 2.24) is 5.48 Å². The Morgan fingerprint density at radius 3 is 2.68 bits per heavy atom. The number of rotatable bonds is 3. The summed E-state index contributed by atoms with van der Waals surface area (Å²) in [5.74, 6) is -0.915. The lowest BCUT2D eigenvalue weighted by molar-refractivity contribution is -0.184. The maximum Gasteiger partial charge on any atom is 0.414 e. The van der Waals surface area contributed by atoms with Gasteiger partial charge < -0.3 is 4.42 Å². The standard InChI is InChI=1S/C12H10F3NO3/c1-7-8-4-2-3-5-9(8)19-10(7)11(17)16-18-6-12(13,14)15/h2-5H,6H2,1H3,(H,16,17). The van der Waals surface area contributed by atoms with Crippen LogP contribution in [-0.2, 0) is 4.84 Å². The zero-order valence-electron chi connectivity index (χ0n) is 9.88. The van der Waals surface area contributed by atoms with Crippen molar-refractivity contribution in [2.45, 2.75) is 13.1 Å². The number of hydrogen-bond donors (Lipinski definition) is 1. The van der Waals surface area contributed by atoms with Crippen LogP contribution in [0.15, 0.2) is 28.7 Å². The summed E-state index contributed by atoms with van der Waals surface area (Å²) in [4.78, 5) is 15.7. The summed E-state index contributed by atoms with van der Waals surface area (Å²) in [6.45, 7) is 0.0858. The second kappa shape index (κ2) is 4.93. The van der Waals surface area contributed by atoms with Crippen LogP contribution in [0.25, 0.3) is 11.0 Å². The van der Waals surface area contributed by atoms with E-state index in [1.807, 2.05) is 0 Å². The van der Waals surface area contributed by atoms with Crippen molar-refractivity contribution >= 4 is 16.9 Å². The number of nitrogens with one attached hydrogen (secondary N) is 1. The fourth-order valence-electron chi connectivity index (χ4n) is 1.62. The van der Waals surface area contributed by atoms with Gasteiger partial charge in [0, 0.05) is 10.9 Å². The van der Waals surface area contributed by atoms with Crippen LogP contribution in [-0.4, -0.2) is 18.7 Å². The monoisotopic (exact) mass is 273 g/mol. The summed E-state index contributed by atoms with van der Waals surface area (Å²) >= 11 is 0. The smallest absolute Gasteiger partial charge is 0.414 e. The third kappa shape index (κ3) is 3.05. The second-order valence-corrected chi connectivity index (χ2v) is 3.89.